The van der Waals surface area contributed by atoms with Crippen molar-refractivity contribution in [2.45, 2.75) is 6.92 Å². The van der Waals surface area contributed by atoms with E-state index in [-0.39, 0.29) is 5.76 Å². The number of para-hydroxylation sites is 1. The van der Waals surface area contributed by atoms with Crippen LogP contribution in [-0.2, 0) is 9.53 Å². The smallest absolute Gasteiger partial charge is 0.375 e. The van der Waals surface area contributed by atoms with Gasteiger partial charge in [0.05, 0.1) is 5.02 Å². The van der Waals surface area contributed by atoms with E-state index < -0.39 is 18.5 Å². The zero-order chi connectivity index (χ0) is 19.7. The minimum atomic E-state index is -0.734. The monoisotopic (exact) mass is 401 g/mol. The topological polar surface area (TPSA) is 87.0 Å². The Kier molecular flexibility index (Phi) is 4.83. The Labute approximate surface area is 165 Å². The SMILES string of the molecule is Cc1c(C(=O)OCC(=O)Nc2ccc3c(c2)OCCO3)oc2c(Cl)cccc12. The van der Waals surface area contributed by atoms with Crippen molar-refractivity contribution in [1.82, 2.24) is 0 Å². The fraction of sp³-hybridized carbons (Fsp3) is 0.200. The standard InChI is InChI=1S/C20H16ClNO6/c1-11-13-3-2-4-14(21)19(13)28-18(11)20(24)27-10-17(23)22-12-5-6-15-16(9-12)26-8-7-25-15/h2-6,9H,7-8,10H2,1H3,(H,22,23). The van der Waals surface area contributed by atoms with Gasteiger partial charge in [-0.3, -0.25) is 4.79 Å². The molecule has 0 fully saturated rings. The van der Waals surface area contributed by atoms with Crippen LogP contribution in [0.2, 0.25) is 5.02 Å². The summed E-state index contributed by atoms with van der Waals surface area (Å²) in [6.45, 7) is 2.20. The molecule has 0 bridgehead atoms. The first-order valence-electron chi connectivity index (χ1n) is 8.57. The number of carbonyl (C=O) groups is 2. The predicted molar refractivity (Wildman–Crippen MR) is 102 cm³/mol. The molecule has 144 valence electrons. The third kappa shape index (κ3) is 3.48. The van der Waals surface area contributed by atoms with Crippen LogP contribution in [0.4, 0.5) is 5.69 Å². The molecule has 1 aromatic heterocycles. The van der Waals surface area contributed by atoms with E-state index in [0.29, 0.717) is 46.6 Å². The van der Waals surface area contributed by atoms with Gasteiger partial charge >= 0.3 is 5.97 Å². The number of hydrogen-bond donors (Lipinski definition) is 1. The van der Waals surface area contributed by atoms with E-state index in [2.05, 4.69) is 5.32 Å². The summed E-state index contributed by atoms with van der Waals surface area (Å²) >= 11 is 6.09. The summed E-state index contributed by atoms with van der Waals surface area (Å²) in [5.41, 5.74) is 1.53. The molecule has 0 radical (unpaired) electrons. The first-order chi connectivity index (χ1) is 13.5. The highest BCUT2D eigenvalue weighted by molar-refractivity contribution is 6.35. The molecule has 2 aromatic carbocycles. The van der Waals surface area contributed by atoms with Gasteiger partial charge in [0.1, 0.15) is 13.2 Å². The first kappa shape index (κ1) is 18.2. The van der Waals surface area contributed by atoms with Gasteiger partial charge in [-0.25, -0.2) is 4.79 Å². The molecular formula is C20H16ClNO6. The van der Waals surface area contributed by atoms with Gasteiger partial charge in [0, 0.05) is 22.7 Å². The number of anilines is 1. The van der Waals surface area contributed by atoms with E-state index in [4.69, 9.17) is 30.2 Å². The highest BCUT2D eigenvalue weighted by Crippen LogP contribution is 2.33. The minimum Gasteiger partial charge on any atom is -0.486 e. The Morgan fingerprint density at radius 3 is 2.71 bits per heavy atom. The van der Waals surface area contributed by atoms with Crippen LogP contribution in [0.5, 0.6) is 11.5 Å². The normalized spacial score (nSPS) is 12.6. The Hall–Kier alpha value is -3.19. The molecule has 1 aliphatic rings. The minimum absolute atomic E-state index is 0.0234. The van der Waals surface area contributed by atoms with E-state index >= 15 is 0 Å². The van der Waals surface area contributed by atoms with Crippen molar-refractivity contribution in [3.8, 4) is 11.5 Å². The fourth-order valence-corrected chi connectivity index (χ4v) is 3.13. The lowest BCUT2D eigenvalue weighted by atomic mass is 10.1. The molecule has 0 saturated heterocycles. The molecular weight excluding hydrogens is 386 g/mol. The van der Waals surface area contributed by atoms with Gasteiger partial charge in [-0.05, 0) is 25.1 Å². The number of rotatable bonds is 4. The van der Waals surface area contributed by atoms with Gasteiger partial charge in [-0.1, -0.05) is 23.7 Å². The average Bonchev–Trinajstić information content (AvgIpc) is 3.04. The number of benzene rings is 2. The third-order valence-electron chi connectivity index (χ3n) is 4.26. The Bertz CT molecular complexity index is 1070. The summed E-state index contributed by atoms with van der Waals surface area (Å²) < 4.78 is 21.5. The molecule has 0 atom stereocenters. The van der Waals surface area contributed by atoms with Crippen LogP contribution in [-0.4, -0.2) is 31.7 Å². The van der Waals surface area contributed by atoms with Crippen LogP contribution < -0.4 is 14.8 Å². The summed E-state index contributed by atoms with van der Waals surface area (Å²) in [5.74, 6) is -0.0281. The molecule has 1 aliphatic heterocycles. The van der Waals surface area contributed by atoms with E-state index in [1.807, 2.05) is 0 Å². The second-order valence-corrected chi connectivity index (χ2v) is 6.56. The summed E-state index contributed by atoms with van der Waals surface area (Å²) in [6.07, 6.45) is 0. The van der Waals surface area contributed by atoms with E-state index in [0.717, 1.165) is 5.39 Å². The molecule has 4 rings (SSSR count). The van der Waals surface area contributed by atoms with Gasteiger partial charge in [-0.15, -0.1) is 0 Å². The van der Waals surface area contributed by atoms with Gasteiger partial charge < -0.3 is 23.9 Å². The van der Waals surface area contributed by atoms with E-state index in [1.165, 1.54) is 0 Å². The third-order valence-corrected chi connectivity index (χ3v) is 4.56. The van der Waals surface area contributed by atoms with Gasteiger partial charge in [-0.2, -0.15) is 0 Å². The van der Waals surface area contributed by atoms with Gasteiger partial charge in [0.15, 0.2) is 23.7 Å². The number of halogens is 1. The maximum Gasteiger partial charge on any atom is 0.375 e. The largest absolute Gasteiger partial charge is 0.486 e. The van der Waals surface area contributed by atoms with Gasteiger partial charge in [0.25, 0.3) is 5.91 Å². The highest BCUT2D eigenvalue weighted by Gasteiger charge is 2.21. The van der Waals surface area contributed by atoms with Crippen molar-refractivity contribution >= 4 is 40.1 Å². The molecule has 0 saturated carbocycles. The molecule has 8 heteroatoms. The van der Waals surface area contributed by atoms with E-state index in [1.54, 1.807) is 43.3 Å². The number of esters is 1. The predicted octanol–water partition coefficient (Wildman–Crippen LogP) is 3.96. The summed E-state index contributed by atoms with van der Waals surface area (Å²) in [4.78, 5) is 24.4. The molecule has 0 unspecified atom stereocenters. The van der Waals surface area contributed by atoms with Crippen molar-refractivity contribution < 1.29 is 28.2 Å². The molecule has 28 heavy (non-hydrogen) atoms. The Morgan fingerprint density at radius 2 is 1.93 bits per heavy atom. The molecule has 1 amide bonds. The number of carbonyl (C=O) groups excluding carboxylic acids is 2. The highest BCUT2D eigenvalue weighted by atomic mass is 35.5. The maximum atomic E-state index is 12.3. The Morgan fingerprint density at radius 1 is 1.14 bits per heavy atom. The zero-order valence-corrected chi connectivity index (χ0v) is 15.7. The molecule has 3 aromatic rings. The number of fused-ring (bicyclic) bond motifs is 2. The number of aryl methyl sites for hydroxylation is 1. The van der Waals surface area contributed by atoms with Crippen molar-refractivity contribution in [3.63, 3.8) is 0 Å². The molecule has 7 nitrogen and oxygen atoms in total. The van der Waals surface area contributed by atoms with Crippen molar-refractivity contribution in [1.29, 1.82) is 0 Å². The van der Waals surface area contributed by atoms with Gasteiger partial charge in [0.2, 0.25) is 5.76 Å². The summed E-state index contributed by atoms with van der Waals surface area (Å²) in [5, 5.41) is 3.77. The Balaban J connectivity index is 1.40. The molecule has 1 N–H and O–H groups in total. The number of nitrogens with one attached hydrogen (secondary N) is 1. The number of hydrogen-bond acceptors (Lipinski definition) is 6. The molecule has 2 heterocycles. The van der Waals surface area contributed by atoms with Crippen LogP contribution in [0.3, 0.4) is 0 Å². The van der Waals surface area contributed by atoms with Crippen LogP contribution >= 0.6 is 11.6 Å². The fourth-order valence-electron chi connectivity index (χ4n) is 2.92. The summed E-state index contributed by atoms with van der Waals surface area (Å²) in [7, 11) is 0. The van der Waals surface area contributed by atoms with Crippen LogP contribution in [0, 0.1) is 6.92 Å². The number of ether oxygens (including phenoxy) is 3. The quantitative estimate of drug-likeness (QED) is 0.666. The zero-order valence-electron chi connectivity index (χ0n) is 14.9. The maximum absolute atomic E-state index is 12.3. The molecule has 0 aliphatic carbocycles. The lowest BCUT2D eigenvalue weighted by Crippen LogP contribution is -2.21. The first-order valence-corrected chi connectivity index (χ1v) is 8.95. The number of amides is 1. The number of furan rings is 1. The lowest BCUT2D eigenvalue weighted by molar-refractivity contribution is -0.119. The van der Waals surface area contributed by atoms with Crippen molar-refractivity contribution in [3.05, 3.63) is 52.7 Å². The van der Waals surface area contributed by atoms with Crippen molar-refractivity contribution in [2.75, 3.05) is 25.1 Å². The lowest BCUT2D eigenvalue weighted by Gasteiger charge is -2.18. The van der Waals surface area contributed by atoms with Crippen LogP contribution in [0.25, 0.3) is 11.0 Å². The second-order valence-electron chi connectivity index (χ2n) is 6.16. The van der Waals surface area contributed by atoms with E-state index in [9.17, 15) is 9.59 Å². The van der Waals surface area contributed by atoms with Crippen LogP contribution in [0.1, 0.15) is 16.1 Å². The molecule has 0 spiro atoms. The second kappa shape index (κ2) is 7.44. The van der Waals surface area contributed by atoms with Crippen molar-refractivity contribution in [2.24, 2.45) is 0 Å². The average molecular weight is 402 g/mol. The summed E-state index contributed by atoms with van der Waals surface area (Å²) in [6, 6.07) is 10.3. The van der Waals surface area contributed by atoms with Crippen LogP contribution in [0.15, 0.2) is 40.8 Å².